The van der Waals surface area contributed by atoms with Crippen LogP contribution >= 0.6 is 11.3 Å². The highest BCUT2D eigenvalue weighted by Gasteiger charge is 2.20. The molecular weight excluding hydrogens is 530 g/mol. The zero-order valence-corrected chi connectivity index (χ0v) is 22.7. The van der Waals surface area contributed by atoms with Gasteiger partial charge in [-0.3, -0.25) is 14.3 Å². The van der Waals surface area contributed by atoms with Crippen molar-refractivity contribution in [1.82, 2.24) is 4.57 Å². The molecule has 1 amide bonds. The number of ether oxygens (including phenoxy) is 3. The monoisotopic (exact) mass is 555 g/mol. The highest BCUT2D eigenvalue weighted by Crippen LogP contribution is 2.33. The maximum absolute atomic E-state index is 13.4. The Kier molecular flexibility index (Phi) is 7.83. The highest BCUT2D eigenvalue weighted by molar-refractivity contribution is 7.92. The van der Waals surface area contributed by atoms with Gasteiger partial charge in [-0.1, -0.05) is 41.2 Å². The molecule has 0 saturated heterocycles. The summed E-state index contributed by atoms with van der Waals surface area (Å²) in [5.74, 6) is -0.332. The molecule has 0 saturated carbocycles. The van der Waals surface area contributed by atoms with Crippen LogP contribution in [0.2, 0.25) is 0 Å². The Balaban J connectivity index is 1.80. The molecule has 0 unspecified atom stereocenters. The summed E-state index contributed by atoms with van der Waals surface area (Å²) in [7, 11) is 0.299. The molecule has 0 aliphatic carbocycles. The van der Waals surface area contributed by atoms with E-state index in [-0.39, 0.29) is 27.5 Å². The van der Waals surface area contributed by atoms with Gasteiger partial charge < -0.3 is 18.8 Å². The zero-order chi connectivity index (χ0) is 27.4. The number of nitrogens with one attached hydrogen (secondary N) is 1. The van der Waals surface area contributed by atoms with Crippen LogP contribution in [0.15, 0.2) is 70.6 Å². The fourth-order valence-corrected chi connectivity index (χ4v) is 5.77. The Morgan fingerprint density at radius 3 is 2.29 bits per heavy atom. The molecule has 12 heteroatoms. The lowest BCUT2D eigenvalue weighted by atomic mass is 10.2. The lowest BCUT2D eigenvalue weighted by Gasteiger charge is -2.11. The second kappa shape index (κ2) is 11.1. The molecule has 0 aliphatic heterocycles. The van der Waals surface area contributed by atoms with E-state index in [1.807, 2.05) is 6.92 Å². The number of hydrogen-bond acceptors (Lipinski definition) is 8. The summed E-state index contributed by atoms with van der Waals surface area (Å²) >= 11 is 1.16. The molecule has 1 heterocycles. The van der Waals surface area contributed by atoms with Crippen molar-refractivity contribution in [3.05, 3.63) is 76.6 Å². The largest absolute Gasteiger partial charge is 0.493 e. The van der Waals surface area contributed by atoms with E-state index in [0.29, 0.717) is 21.7 Å². The van der Waals surface area contributed by atoms with Crippen LogP contribution < -0.4 is 19.0 Å². The molecule has 4 rings (SSSR count). The molecule has 1 N–H and O–H groups in total. The number of aromatic nitrogens is 1. The average Bonchev–Trinajstić information content (AvgIpc) is 3.23. The van der Waals surface area contributed by atoms with Crippen LogP contribution in [-0.2, 0) is 26.1 Å². The van der Waals surface area contributed by atoms with Crippen LogP contribution in [0.3, 0.4) is 0 Å². The van der Waals surface area contributed by atoms with Gasteiger partial charge >= 0.3 is 5.97 Å². The second-order valence-electron chi connectivity index (χ2n) is 8.10. The number of carbonyl (C=O) groups excluding carboxylic acids is 2. The van der Waals surface area contributed by atoms with Gasteiger partial charge in [0.05, 0.1) is 47.7 Å². The van der Waals surface area contributed by atoms with Gasteiger partial charge in [-0.25, -0.2) is 8.42 Å². The third-order valence-electron chi connectivity index (χ3n) is 5.63. The van der Waals surface area contributed by atoms with Crippen LogP contribution in [0.4, 0.5) is 5.69 Å². The van der Waals surface area contributed by atoms with Crippen molar-refractivity contribution in [2.45, 2.75) is 18.4 Å². The number of esters is 1. The minimum Gasteiger partial charge on any atom is -0.493 e. The van der Waals surface area contributed by atoms with Crippen LogP contribution in [0.1, 0.15) is 15.9 Å². The highest BCUT2D eigenvalue weighted by atomic mass is 32.2. The molecular formula is C26H25N3O7S2. The van der Waals surface area contributed by atoms with Crippen molar-refractivity contribution in [1.29, 1.82) is 0 Å². The van der Waals surface area contributed by atoms with Crippen molar-refractivity contribution in [3.8, 4) is 11.5 Å². The van der Waals surface area contributed by atoms with E-state index in [2.05, 4.69) is 9.71 Å². The molecule has 10 nitrogen and oxygen atoms in total. The summed E-state index contributed by atoms with van der Waals surface area (Å²) in [5.41, 5.74) is 1.61. The van der Waals surface area contributed by atoms with Crippen LogP contribution in [-0.4, -0.2) is 46.2 Å². The first-order valence-corrected chi connectivity index (χ1v) is 13.6. The van der Waals surface area contributed by atoms with Gasteiger partial charge in [-0.15, -0.1) is 0 Å². The van der Waals surface area contributed by atoms with E-state index >= 15 is 0 Å². The molecule has 38 heavy (non-hydrogen) atoms. The smallest absolute Gasteiger partial charge is 0.325 e. The topological polar surface area (TPSA) is 125 Å². The Labute approximate surface area is 223 Å². The minimum absolute atomic E-state index is 0.0421. The van der Waals surface area contributed by atoms with E-state index in [4.69, 9.17) is 14.2 Å². The predicted molar refractivity (Wildman–Crippen MR) is 143 cm³/mol. The Bertz CT molecular complexity index is 1690. The van der Waals surface area contributed by atoms with Gasteiger partial charge in [0, 0.05) is 12.1 Å². The van der Waals surface area contributed by atoms with Crippen LogP contribution in [0, 0.1) is 6.92 Å². The summed E-state index contributed by atoms with van der Waals surface area (Å²) in [6.45, 7) is 1.64. The average molecular weight is 556 g/mol. The molecule has 0 fully saturated rings. The lowest BCUT2D eigenvalue weighted by Crippen LogP contribution is -2.23. The van der Waals surface area contributed by atoms with Gasteiger partial charge in [0.2, 0.25) is 0 Å². The van der Waals surface area contributed by atoms with Gasteiger partial charge in [-0.05, 0) is 31.2 Å². The van der Waals surface area contributed by atoms with Gasteiger partial charge in [0.1, 0.15) is 6.54 Å². The molecule has 0 radical (unpaired) electrons. The summed E-state index contributed by atoms with van der Waals surface area (Å²) in [4.78, 5) is 30.1. The first kappa shape index (κ1) is 26.9. The Morgan fingerprint density at radius 2 is 1.63 bits per heavy atom. The lowest BCUT2D eigenvalue weighted by molar-refractivity contribution is -0.141. The standard InChI is InChI=1S/C26H25N3O7S2/c1-16-9-11-17(12-10-16)38(32,33)28-19-8-6-5-7-18(19)25(31)27-26-29(15-24(30)36-4)20-13-21(34-2)22(35-3)14-23(20)37-26/h5-14,28H,15H2,1-4H3. The number of benzene rings is 3. The van der Waals surface area contributed by atoms with Crippen molar-refractivity contribution in [2.75, 3.05) is 26.1 Å². The molecule has 0 aliphatic rings. The first-order valence-electron chi connectivity index (χ1n) is 11.3. The molecule has 0 atom stereocenters. The maximum atomic E-state index is 13.4. The number of hydrogen-bond donors (Lipinski definition) is 1. The summed E-state index contributed by atoms with van der Waals surface area (Å²) < 4.78 is 46.2. The van der Waals surface area contributed by atoms with Crippen molar-refractivity contribution < 1.29 is 32.2 Å². The van der Waals surface area contributed by atoms with E-state index in [1.165, 1.54) is 50.2 Å². The fourth-order valence-electron chi connectivity index (χ4n) is 3.66. The van der Waals surface area contributed by atoms with Crippen molar-refractivity contribution in [2.24, 2.45) is 4.99 Å². The zero-order valence-electron chi connectivity index (χ0n) is 21.0. The third-order valence-corrected chi connectivity index (χ3v) is 8.06. The quantitative estimate of drug-likeness (QED) is 0.328. The van der Waals surface area contributed by atoms with Gasteiger partial charge in [0.25, 0.3) is 15.9 Å². The van der Waals surface area contributed by atoms with Gasteiger partial charge in [0.15, 0.2) is 16.3 Å². The number of anilines is 1. The normalized spacial score (nSPS) is 11.8. The van der Waals surface area contributed by atoms with Crippen molar-refractivity contribution in [3.63, 3.8) is 0 Å². The number of rotatable bonds is 8. The van der Waals surface area contributed by atoms with Crippen LogP contribution in [0.25, 0.3) is 10.2 Å². The van der Waals surface area contributed by atoms with E-state index in [9.17, 15) is 18.0 Å². The number of para-hydroxylation sites is 1. The first-order chi connectivity index (χ1) is 18.2. The van der Waals surface area contributed by atoms with Crippen LogP contribution in [0.5, 0.6) is 11.5 Å². The summed E-state index contributed by atoms with van der Waals surface area (Å²) in [6.07, 6.45) is 0. The van der Waals surface area contributed by atoms with Gasteiger partial charge in [-0.2, -0.15) is 4.99 Å². The Morgan fingerprint density at radius 1 is 0.974 bits per heavy atom. The number of fused-ring (bicyclic) bond motifs is 1. The summed E-state index contributed by atoms with van der Waals surface area (Å²) in [5, 5.41) is 0. The number of thiazole rings is 1. The maximum Gasteiger partial charge on any atom is 0.325 e. The number of methoxy groups -OCH3 is 3. The molecule has 0 bridgehead atoms. The second-order valence-corrected chi connectivity index (χ2v) is 10.8. The molecule has 1 aromatic heterocycles. The summed E-state index contributed by atoms with van der Waals surface area (Å²) in [6, 6.07) is 15.9. The number of carbonyl (C=O) groups is 2. The molecule has 198 valence electrons. The number of sulfonamides is 1. The van der Waals surface area contributed by atoms with Crippen molar-refractivity contribution >= 4 is 49.1 Å². The predicted octanol–water partition coefficient (Wildman–Crippen LogP) is 3.74. The van der Waals surface area contributed by atoms with E-state index in [1.54, 1.807) is 36.4 Å². The Hall–Kier alpha value is -4.16. The van der Waals surface area contributed by atoms with E-state index in [0.717, 1.165) is 16.9 Å². The molecule has 0 spiro atoms. The molecule has 4 aromatic rings. The minimum atomic E-state index is -3.96. The molecule has 3 aromatic carbocycles. The number of nitrogens with zero attached hydrogens (tertiary/aromatic N) is 2. The fraction of sp³-hybridized carbons (Fsp3) is 0.192. The third kappa shape index (κ3) is 5.55. The SMILES string of the molecule is COC(=O)Cn1c(=NC(=O)c2ccccc2NS(=O)(=O)c2ccc(C)cc2)sc2cc(OC)c(OC)cc21. The van der Waals surface area contributed by atoms with E-state index < -0.39 is 21.9 Å². The number of amides is 1. The number of aryl methyl sites for hydroxylation is 1.